The summed E-state index contributed by atoms with van der Waals surface area (Å²) in [5.41, 5.74) is 0.920. The summed E-state index contributed by atoms with van der Waals surface area (Å²) < 4.78 is 10.9. The maximum atomic E-state index is 11.5. The molecule has 0 aromatic heterocycles. The van der Waals surface area contributed by atoms with Gasteiger partial charge in [0.15, 0.2) is 0 Å². The highest BCUT2D eigenvalue weighted by molar-refractivity contribution is 9.12. The Bertz CT molecular complexity index is 287. The molecule has 0 aromatic rings. The lowest BCUT2D eigenvalue weighted by Gasteiger charge is -2.28. The van der Waals surface area contributed by atoms with Gasteiger partial charge in [-0.3, -0.25) is 4.79 Å². The molecular weight excluding hydrogens is 236 g/mol. The lowest BCUT2D eigenvalue weighted by molar-refractivity contribution is -0.181. The number of allylic oxidation sites excluding steroid dienone is 2. The van der Waals surface area contributed by atoms with Gasteiger partial charge in [0.1, 0.15) is 0 Å². The van der Waals surface area contributed by atoms with Crippen LogP contribution in [-0.2, 0) is 14.3 Å². The highest BCUT2D eigenvalue weighted by Crippen LogP contribution is 2.29. The minimum atomic E-state index is -1.23. The van der Waals surface area contributed by atoms with Crippen molar-refractivity contribution in [2.45, 2.75) is 12.7 Å². The molecule has 0 spiro atoms. The third-order valence-electron chi connectivity index (χ3n) is 1.99. The second-order valence-corrected chi connectivity index (χ2v) is 3.61. The Labute approximate surface area is 85.5 Å². The molecule has 0 saturated heterocycles. The second kappa shape index (κ2) is 3.74. The Morgan fingerprint density at radius 3 is 2.38 bits per heavy atom. The molecule has 0 saturated carbocycles. The monoisotopic (exact) mass is 246 g/mol. The number of carbonyl (C=O) groups excluding carboxylic acids is 1. The van der Waals surface area contributed by atoms with E-state index in [0.717, 1.165) is 10.1 Å². The summed E-state index contributed by atoms with van der Waals surface area (Å²) in [7, 11) is 2.89. The van der Waals surface area contributed by atoms with Crippen LogP contribution in [0.25, 0.3) is 0 Å². The van der Waals surface area contributed by atoms with E-state index in [2.05, 4.69) is 15.9 Å². The van der Waals surface area contributed by atoms with Crippen LogP contribution in [-0.4, -0.2) is 25.8 Å². The molecule has 0 unspecified atom stereocenters. The molecule has 4 heteroatoms. The van der Waals surface area contributed by atoms with Crippen LogP contribution in [0.1, 0.15) is 6.92 Å². The molecule has 0 atom stereocenters. The molecular formula is C9H11BrO3. The van der Waals surface area contributed by atoms with Crippen molar-refractivity contribution < 1.29 is 14.3 Å². The van der Waals surface area contributed by atoms with E-state index in [1.165, 1.54) is 20.3 Å². The lowest BCUT2D eigenvalue weighted by atomic mass is 10.0. The Morgan fingerprint density at radius 2 is 1.92 bits per heavy atom. The van der Waals surface area contributed by atoms with E-state index in [4.69, 9.17) is 9.47 Å². The van der Waals surface area contributed by atoms with Crippen molar-refractivity contribution in [2.75, 3.05) is 14.2 Å². The van der Waals surface area contributed by atoms with Crippen molar-refractivity contribution in [1.82, 2.24) is 0 Å². The first kappa shape index (κ1) is 10.6. The van der Waals surface area contributed by atoms with Gasteiger partial charge >= 0.3 is 0 Å². The molecule has 3 nitrogen and oxygen atoms in total. The molecule has 1 aliphatic rings. The molecule has 0 aromatic carbocycles. The van der Waals surface area contributed by atoms with Gasteiger partial charge in [-0.25, -0.2) is 0 Å². The van der Waals surface area contributed by atoms with E-state index >= 15 is 0 Å². The third-order valence-corrected chi connectivity index (χ3v) is 2.85. The molecule has 13 heavy (non-hydrogen) atoms. The molecule has 0 N–H and O–H groups in total. The molecule has 1 rings (SSSR count). The lowest BCUT2D eigenvalue weighted by Crippen LogP contribution is -2.41. The van der Waals surface area contributed by atoms with E-state index in [1.807, 2.05) is 6.92 Å². The standard InChI is InChI=1S/C9H11BrO3/c1-6-5-9(12-2,13-3)8(11)4-7(6)10/h4-5H,1-3H3. The molecule has 0 fully saturated rings. The molecule has 1 aliphatic carbocycles. The summed E-state index contributed by atoms with van der Waals surface area (Å²) in [6.07, 6.45) is 3.11. The van der Waals surface area contributed by atoms with Gasteiger partial charge in [0.25, 0.3) is 5.79 Å². The van der Waals surface area contributed by atoms with Crippen molar-refractivity contribution in [3.63, 3.8) is 0 Å². The fourth-order valence-corrected chi connectivity index (χ4v) is 1.48. The predicted molar refractivity (Wildman–Crippen MR) is 52.5 cm³/mol. The van der Waals surface area contributed by atoms with Gasteiger partial charge in [-0.15, -0.1) is 0 Å². The van der Waals surface area contributed by atoms with Crippen LogP contribution >= 0.6 is 15.9 Å². The highest BCUT2D eigenvalue weighted by atomic mass is 79.9. The van der Waals surface area contributed by atoms with Gasteiger partial charge in [-0.1, -0.05) is 15.9 Å². The molecule has 0 bridgehead atoms. The van der Waals surface area contributed by atoms with Gasteiger partial charge in [0, 0.05) is 24.8 Å². The zero-order chi connectivity index (χ0) is 10.1. The summed E-state index contributed by atoms with van der Waals surface area (Å²) in [5, 5.41) is 0. The van der Waals surface area contributed by atoms with E-state index < -0.39 is 5.79 Å². The SMILES string of the molecule is COC1(OC)C=C(C)C(Br)=CC1=O. The zero-order valence-corrected chi connectivity index (χ0v) is 9.34. The highest BCUT2D eigenvalue weighted by Gasteiger charge is 2.37. The number of ether oxygens (including phenoxy) is 2. The van der Waals surface area contributed by atoms with Crippen molar-refractivity contribution in [3.05, 3.63) is 22.2 Å². The average Bonchev–Trinajstić information content (AvgIpc) is 2.12. The van der Waals surface area contributed by atoms with Gasteiger partial charge in [-0.2, -0.15) is 0 Å². The van der Waals surface area contributed by atoms with Crippen LogP contribution in [0.3, 0.4) is 0 Å². The molecule has 0 aliphatic heterocycles. The van der Waals surface area contributed by atoms with Crippen LogP contribution in [0.15, 0.2) is 22.2 Å². The topological polar surface area (TPSA) is 35.5 Å². The molecule has 0 heterocycles. The smallest absolute Gasteiger partial charge is 0.253 e. The van der Waals surface area contributed by atoms with Crippen molar-refractivity contribution in [1.29, 1.82) is 0 Å². The Hall–Kier alpha value is -0.450. The van der Waals surface area contributed by atoms with Crippen LogP contribution in [0.4, 0.5) is 0 Å². The Balaban J connectivity index is 3.11. The van der Waals surface area contributed by atoms with Crippen molar-refractivity contribution in [2.24, 2.45) is 0 Å². The van der Waals surface area contributed by atoms with Gasteiger partial charge in [-0.05, 0) is 18.6 Å². The van der Waals surface area contributed by atoms with E-state index in [0.29, 0.717) is 0 Å². The normalized spacial score (nSPS) is 21.1. The van der Waals surface area contributed by atoms with E-state index in [1.54, 1.807) is 6.08 Å². The zero-order valence-electron chi connectivity index (χ0n) is 7.76. The molecule has 0 radical (unpaired) electrons. The van der Waals surface area contributed by atoms with Crippen LogP contribution < -0.4 is 0 Å². The van der Waals surface area contributed by atoms with E-state index in [-0.39, 0.29) is 5.78 Å². The fourth-order valence-electron chi connectivity index (χ4n) is 1.16. The van der Waals surface area contributed by atoms with Crippen LogP contribution in [0, 0.1) is 0 Å². The number of ketones is 1. The van der Waals surface area contributed by atoms with Crippen molar-refractivity contribution >= 4 is 21.7 Å². The number of halogens is 1. The minimum Gasteiger partial charge on any atom is -0.344 e. The first-order chi connectivity index (χ1) is 6.05. The van der Waals surface area contributed by atoms with Crippen molar-refractivity contribution in [3.8, 4) is 0 Å². The van der Waals surface area contributed by atoms with Gasteiger partial charge in [0.2, 0.25) is 5.78 Å². The van der Waals surface area contributed by atoms with Gasteiger partial charge < -0.3 is 9.47 Å². The van der Waals surface area contributed by atoms with Crippen LogP contribution in [0.2, 0.25) is 0 Å². The minimum absolute atomic E-state index is 0.213. The maximum Gasteiger partial charge on any atom is 0.253 e. The fraction of sp³-hybridized carbons (Fsp3) is 0.444. The third kappa shape index (κ3) is 1.75. The largest absolute Gasteiger partial charge is 0.344 e. The van der Waals surface area contributed by atoms with E-state index in [9.17, 15) is 4.79 Å². The Kier molecular flexibility index (Phi) is 3.05. The quantitative estimate of drug-likeness (QED) is 0.698. The summed E-state index contributed by atoms with van der Waals surface area (Å²) in [4.78, 5) is 11.5. The second-order valence-electron chi connectivity index (χ2n) is 2.76. The summed E-state index contributed by atoms with van der Waals surface area (Å²) >= 11 is 3.26. The maximum absolute atomic E-state index is 11.5. The Morgan fingerprint density at radius 1 is 1.38 bits per heavy atom. The number of methoxy groups -OCH3 is 2. The summed E-state index contributed by atoms with van der Waals surface area (Å²) in [6.45, 7) is 1.87. The first-order valence-corrected chi connectivity index (χ1v) is 4.57. The molecule has 72 valence electrons. The summed E-state index contributed by atoms with van der Waals surface area (Å²) in [6, 6.07) is 0. The number of hydrogen-bond acceptors (Lipinski definition) is 3. The number of carbonyl (C=O) groups is 1. The number of rotatable bonds is 2. The first-order valence-electron chi connectivity index (χ1n) is 3.77. The summed E-state index contributed by atoms with van der Waals surface area (Å²) in [5.74, 6) is -1.45. The average molecular weight is 247 g/mol. The number of hydrogen-bond donors (Lipinski definition) is 0. The predicted octanol–water partition coefficient (Wildman–Crippen LogP) is 1.78. The van der Waals surface area contributed by atoms with Gasteiger partial charge in [0.05, 0.1) is 0 Å². The molecule has 0 amide bonds. The van der Waals surface area contributed by atoms with Crippen LogP contribution in [0.5, 0.6) is 0 Å².